The molecule has 1 N–H and O–H groups in total. The van der Waals surface area contributed by atoms with E-state index in [-0.39, 0.29) is 0 Å². The SMILES string of the molecule is N#Cc1cc(Cl)ccc1C1CCNC1. The van der Waals surface area contributed by atoms with Crippen molar-refractivity contribution in [1.82, 2.24) is 5.32 Å². The van der Waals surface area contributed by atoms with Gasteiger partial charge in [0.1, 0.15) is 0 Å². The molecule has 0 bridgehead atoms. The molecule has 1 aromatic carbocycles. The van der Waals surface area contributed by atoms with E-state index in [2.05, 4.69) is 11.4 Å². The smallest absolute Gasteiger partial charge is 0.0995 e. The van der Waals surface area contributed by atoms with Gasteiger partial charge in [-0.2, -0.15) is 5.26 Å². The molecule has 0 amide bonds. The van der Waals surface area contributed by atoms with Gasteiger partial charge in [0.25, 0.3) is 0 Å². The lowest BCUT2D eigenvalue weighted by atomic mass is 9.94. The van der Waals surface area contributed by atoms with Gasteiger partial charge in [-0.3, -0.25) is 0 Å². The molecule has 14 heavy (non-hydrogen) atoms. The average Bonchev–Trinajstić information content (AvgIpc) is 2.70. The first kappa shape index (κ1) is 9.51. The van der Waals surface area contributed by atoms with Crippen LogP contribution in [-0.2, 0) is 0 Å². The molecule has 0 aromatic heterocycles. The van der Waals surface area contributed by atoms with Gasteiger partial charge in [-0.15, -0.1) is 0 Å². The molecule has 1 heterocycles. The summed E-state index contributed by atoms with van der Waals surface area (Å²) < 4.78 is 0. The first-order chi connectivity index (χ1) is 6.81. The summed E-state index contributed by atoms with van der Waals surface area (Å²) in [6.07, 6.45) is 1.11. The van der Waals surface area contributed by atoms with E-state index in [0.29, 0.717) is 16.5 Å². The Morgan fingerprint density at radius 1 is 1.50 bits per heavy atom. The zero-order valence-electron chi connectivity index (χ0n) is 7.76. The monoisotopic (exact) mass is 206 g/mol. The quantitative estimate of drug-likeness (QED) is 0.766. The minimum absolute atomic E-state index is 0.474. The summed E-state index contributed by atoms with van der Waals surface area (Å²) in [5.41, 5.74) is 1.84. The highest BCUT2D eigenvalue weighted by atomic mass is 35.5. The van der Waals surface area contributed by atoms with Crippen molar-refractivity contribution in [3.8, 4) is 6.07 Å². The summed E-state index contributed by atoms with van der Waals surface area (Å²) in [4.78, 5) is 0. The van der Waals surface area contributed by atoms with E-state index in [0.717, 1.165) is 25.1 Å². The number of benzene rings is 1. The Bertz CT molecular complexity index is 375. The molecular weight excluding hydrogens is 196 g/mol. The zero-order valence-corrected chi connectivity index (χ0v) is 8.51. The third-order valence-corrected chi connectivity index (χ3v) is 2.87. The van der Waals surface area contributed by atoms with Gasteiger partial charge in [0, 0.05) is 11.6 Å². The van der Waals surface area contributed by atoms with Gasteiger partial charge in [-0.25, -0.2) is 0 Å². The molecule has 2 rings (SSSR count). The van der Waals surface area contributed by atoms with Crippen molar-refractivity contribution in [3.05, 3.63) is 34.3 Å². The number of rotatable bonds is 1. The Labute approximate surface area is 88.5 Å². The lowest BCUT2D eigenvalue weighted by Gasteiger charge is -2.10. The van der Waals surface area contributed by atoms with Crippen molar-refractivity contribution >= 4 is 11.6 Å². The van der Waals surface area contributed by atoms with E-state index in [1.54, 1.807) is 6.07 Å². The third-order valence-electron chi connectivity index (χ3n) is 2.64. The van der Waals surface area contributed by atoms with Gasteiger partial charge in [-0.05, 0) is 36.6 Å². The highest BCUT2D eigenvalue weighted by molar-refractivity contribution is 6.30. The van der Waals surface area contributed by atoms with Crippen LogP contribution in [0.2, 0.25) is 5.02 Å². The molecule has 2 nitrogen and oxygen atoms in total. The number of halogens is 1. The molecule has 72 valence electrons. The Balaban J connectivity index is 2.37. The molecule has 1 aliphatic rings. The Kier molecular flexibility index (Phi) is 2.72. The molecule has 0 aliphatic carbocycles. The van der Waals surface area contributed by atoms with E-state index in [1.165, 1.54) is 0 Å². The number of nitrogens with zero attached hydrogens (tertiary/aromatic N) is 1. The minimum atomic E-state index is 0.474. The van der Waals surface area contributed by atoms with Gasteiger partial charge < -0.3 is 5.32 Å². The molecule has 0 radical (unpaired) electrons. The van der Waals surface area contributed by atoms with Crippen molar-refractivity contribution < 1.29 is 0 Å². The summed E-state index contributed by atoms with van der Waals surface area (Å²) in [6, 6.07) is 7.77. The zero-order chi connectivity index (χ0) is 9.97. The maximum atomic E-state index is 8.97. The van der Waals surface area contributed by atoms with Gasteiger partial charge in [0.15, 0.2) is 0 Å². The van der Waals surface area contributed by atoms with Crippen molar-refractivity contribution in [2.45, 2.75) is 12.3 Å². The van der Waals surface area contributed by atoms with Crippen LogP contribution < -0.4 is 5.32 Å². The van der Waals surface area contributed by atoms with Gasteiger partial charge in [-0.1, -0.05) is 17.7 Å². The molecule has 1 atom stereocenters. The molecule has 0 spiro atoms. The van der Waals surface area contributed by atoms with Crippen LogP contribution in [0.3, 0.4) is 0 Å². The largest absolute Gasteiger partial charge is 0.316 e. The molecule has 0 saturated carbocycles. The first-order valence-electron chi connectivity index (χ1n) is 4.71. The molecule has 1 aromatic rings. The summed E-state index contributed by atoms with van der Waals surface area (Å²) in [5, 5.41) is 12.9. The fourth-order valence-electron chi connectivity index (χ4n) is 1.90. The molecule has 1 unspecified atom stereocenters. The van der Waals surface area contributed by atoms with Crippen LogP contribution in [0.15, 0.2) is 18.2 Å². The van der Waals surface area contributed by atoms with E-state index in [1.807, 2.05) is 12.1 Å². The summed E-state index contributed by atoms with van der Waals surface area (Å²) >= 11 is 5.84. The fraction of sp³-hybridized carbons (Fsp3) is 0.364. The Morgan fingerprint density at radius 3 is 3.00 bits per heavy atom. The summed E-state index contributed by atoms with van der Waals surface area (Å²) in [7, 11) is 0. The second-order valence-electron chi connectivity index (χ2n) is 3.53. The summed E-state index contributed by atoms with van der Waals surface area (Å²) in [5.74, 6) is 0.474. The van der Waals surface area contributed by atoms with Crippen LogP contribution in [0.5, 0.6) is 0 Å². The van der Waals surface area contributed by atoms with Crippen LogP contribution >= 0.6 is 11.6 Å². The van der Waals surface area contributed by atoms with E-state index >= 15 is 0 Å². The predicted molar refractivity (Wildman–Crippen MR) is 56.4 cm³/mol. The molecule has 1 saturated heterocycles. The van der Waals surface area contributed by atoms with Crippen LogP contribution in [0.1, 0.15) is 23.5 Å². The van der Waals surface area contributed by atoms with Crippen molar-refractivity contribution in [2.75, 3.05) is 13.1 Å². The van der Waals surface area contributed by atoms with E-state index in [9.17, 15) is 0 Å². The van der Waals surface area contributed by atoms with Crippen LogP contribution in [0, 0.1) is 11.3 Å². The highest BCUT2D eigenvalue weighted by Crippen LogP contribution is 2.27. The average molecular weight is 207 g/mol. The molecule has 3 heteroatoms. The van der Waals surface area contributed by atoms with Crippen molar-refractivity contribution in [1.29, 1.82) is 5.26 Å². The second kappa shape index (κ2) is 4.00. The fourth-order valence-corrected chi connectivity index (χ4v) is 2.07. The van der Waals surface area contributed by atoms with Crippen LogP contribution in [0.4, 0.5) is 0 Å². The maximum Gasteiger partial charge on any atom is 0.0995 e. The summed E-state index contributed by atoms with van der Waals surface area (Å²) in [6.45, 7) is 2.01. The standard InChI is InChI=1S/C11H11ClN2/c12-10-1-2-11(9(5-10)6-13)8-3-4-14-7-8/h1-2,5,8,14H,3-4,7H2. The van der Waals surface area contributed by atoms with E-state index in [4.69, 9.17) is 16.9 Å². The van der Waals surface area contributed by atoms with Crippen molar-refractivity contribution in [2.24, 2.45) is 0 Å². The lowest BCUT2D eigenvalue weighted by Crippen LogP contribution is -2.08. The number of nitriles is 1. The maximum absolute atomic E-state index is 8.97. The lowest BCUT2D eigenvalue weighted by molar-refractivity contribution is 0.761. The molecule has 1 fully saturated rings. The predicted octanol–water partition coefficient (Wildman–Crippen LogP) is 2.29. The highest BCUT2D eigenvalue weighted by Gasteiger charge is 2.19. The minimum Gasteiger partial charge on any atom is -0.316 e. The van der Waals surface area contributed by atoms with Crippen LogP contribution in [-0.4, -0.2) is 13.1 Å². The first-order valence-corrected chi connectivity index (χ1v) is 5.09. The number of hydrogen-bond acceptors (Lipinski definition) is 2. The van der Waals surface area contributed by atoms with E-state index < -0.39 is 0 Å². The van der Waals surface area contributed by atoms with Gasteiger partial charge >= 0.3 is 0 Å². The Morgan fingerprint density at radius 2 is 2.36 bits per heavy atom. The normalized spacial score (nSPS) is 20.7. The van der Waals surface area contributed by atoms with Gasteiger partial charge in [0.05, 0.1) is 11.6 Å². The van der Waals surface area contributed by atoms with Gasteiger partial charge in [0.2, 0.25) is 0 Å². The van der Waals surface area contributed by atoms with Crippen LogP contribution in [0.25, 0.3) is 0 Å². The Hall–Kier alpha value is -1.04. The van der Waals surface area contributed by atoms with Crippen molar-refractivity contribution in [3.63, 3.8) is 0 Å². The number of hydrogen-bond donors (Lipinski definition) is 1. The number of nitrogens with one attached hydrogen (secondary N) is 1. The third kappa shape index (κ3) is 1.75. The molecule has 1 aliphatic heterocycles. The second-order valence-corrected chi connectivity index (χ2v) is 3.97. The molecular formula is C11H11ClN2. The topological polar surface area (TPSA) is 35.8 Å².